The largest absolute Gasteiger partial charge is 0.480 e. The van der Waals surface area contributed by atoms with Crippen LogP contribution in [-0.2, 0) is 11.2 Å². The van der Waals surface area contributed by atoms with Crippen LogP contribution in [0.25, 0.3) is 0 Å². The molecule has 2 aromatic rings. The summed E-state index contributed by atoms with van der Waals surface area (Å²) in [7, 11) is 0. The molecule has 0 saturated carbocycles. The molecular formula is C15H17ClN2O5S. The number of carbonyl (C=O) groups excluding carboxylic acids is 1. The highest BCUT2D eigenvalue weighted by atomic mass is 35.5. The average Bonchev–Trinajstić information content (AvgIpc) is 3.17. The molecule has 0 saturated heterocycles. The Bertz CT molecular complexity index is 693. The molecule has 0 unspecified atom stereocenters. The second kappa shape index (κ2) is 9.11. The van der Waals surface area contributed by atoms with Gasteiger partial charge in [0.1, 0.15) is 6.04 Å². The standard InChI is InChI=1S/C8H7NO3.C7H9NO2S.ClH/c9-8(10)5-1-2-6-7(3-5)12-4-11-6;8-6(7(9)10)4-5-2-1-3-11-5;/h1-3H,4H2,(H2,9,10);1-3,6H,4,8H2,(H,9,10);1H/t;6-;/m.1./s1. The zero-order chi connectivity index (χ0) is 16.8. The monoisotopic (exact) mass is 372 g/mol. The minimum atomic E-state index is -0.946. The molecule has 1 aliphatic heterocycles. The first-order valence-electron chi connectivity index (χ1n) is 6.67. The molecule has 5 N–H and O–H groups in total. The number of aliphatic carboxylic acids is 1. The first-order chi connectivity index (χ1) is 11.0. The normalized spacial score (nSPS) is 12.4. The van der Waals surface area contributed by atoms with Crippen molar-refractivity contribution in [2.24, 2.45) is 11.5 Å². The van der Waals surface area contributed by atoms with Gasteiger partial charge in [-0.3, -0.25) is 9.59 Å². The minimum absolute atomic E-state index is 0. The fourth-order valence-corrected chi connectivity index (χ4v) is 2.55. The van der Waals surface area contributed by atoms with Gasteiger partial charge in [0, 0.05) is 16.9 Å². The molecule has 1 aliphatic rings. The van der Waals surface area contributed by atoms with Gasteiger partial charge in [0.25, 0.3) is 0 Å². The number of ether oxygens (including phenoxy) is 2. The molecule has 7 nitrogen and oxygen atoms in total. The van der Waals surface area contributed by atoms with E-state index in [4.69, 9.17) is 26.0 Å². The highest BCUT2D eigenvalue weighted by Gasteiger charge is 2.14. The first kappa shape index (κ1) is 19.8. The number of nitrogens with two attached hydrogens (primary N) is 2. The Morgan fingerprint density at radius 2 is 1.96 bits per heavy atom. The number of carboxylic acids is 1. The van der Waals surface area contributed by atoms with Crippen LogP contribution >= 0.6 is 23.7 Å². The summed E-state index contributed by atoms with van der Waals surface area (Å²) in [4.78, 5) is 22.0. The van der Waals surface area contributed by atoms with Crippen LogP contribution in [0.2, 0.25) is 0 Å². The van der Waals surface area contributed by atoms with E-state index < -0.39 is 17.9 Å². The van der Waals surface area contributed by atoms with Gasteiger partial charge in [-0.1, -0.05) is 6.07 Å². The van der Waals surface area contributed by atoms with Crippen molar-refractivity contribution in [3.63, 3.8) is 0 Å². The lowest BCUT2D eigenvalue weighted by atomic mass is 10.2. The molecular weight excluding hydrogens is 356 g/mol. The zero-order valence-corrected chi connectivity index (χ0v) is 14.1. The minimum Gasteiger partial charge on any atom is -0.480 e. The maximum atomic E-state index is 10.7. The lowest BCUT2D eigenvalue weighted by molar-refractivity contribution is -0.138. The van der Waals surface area contributed by atoms with Crippen LogP contribution in [0.5, 0.6) is 11.5 Å². The number of amides is 1. The van der Waals surface area contributed by atoms with Crippen LogP contribution in [-0.4, -0.2) is 29.8 Å². The van der Waals surface area contributed by atoms with Gasteiger partial charge in [-0.05, 0) is 29.6 Å². The van der Waals surface area contributed by atoms with E-state index in [1.807, 2.05) is 17.5 Å². The summed E-state index contributed by atoms with van der Waals surface area (Å²) in [6.45, 7) is 0.206. The third-order valence-electron chi connectivity index (χ3n) is 2.98. The molecule has 0 aliphatic carbocycles. The van der Waals surface area contributed by atoms with Gasteiger partial charge < -0.3 is 26.0 Å². The van der Waals surface area contributed by atoms with Gasteiger partial charge in [-0.2, -0.15) is 0 Å². The summed E-state index contributed by atoms with van der Waals surface area (Å²) in [6, 6.07) is 7.85. The molecule has 24 heavy (non-hydrogen) atoms. The topological polar surface area (TPSA) is 125 Å². The van der Waals surface area contributed by atoms with Gasteiger partial charge in [0.15, 0.2) is 11.5 Å². The van der Waals surface area contributed by atoms with Crippen molar-refractivity contribution in [1.82, 2.24) is 0 Å². The molecule has 0 radical (unpaired) electrons. The number of carbonyl (C=O) groups is 2. The number of hydrogen-bond donors (Lipinski definition) is 3. The number of rotatable bonds is 4. The highest BCUT2D eigenvalue weighted by Crippen LogP contribution is 2.32. The smallest absolute Gasteiger partial charge is 0.320 e. The van der Waals surface area contributed by atoms with Gasteiger partial charge in [0.2, 0.25) is 12.7 Å². The number of hydrogen-bond acceptors (Lipinski definition) is 6. The second-order valence-electron chi connectivity index (χ2n) is 4.66. The van der Waals surface area contributed by atoms with Crippen LogP contribution in [0.15, 0.2) is 35.7 Å². The molecule has 0 bridgehead atoms. The quantitative estimate of drug-likeness (QED) is 0.749. The van der Waals surface area contributed by atoms with E-state index >= 15 is 0 Å². The molecule has 1 aromatic heterocycles. The van der Waals surface area contributed by atoms with E-state index in [1.165, 1.54) is 11.3 Å². The Morgan fingerprint density at radius 3 is 2.54 bits per heavy atom. The SMILES string of the molecule is Cl.NC(=O)c1ccc2c(c1)OCO2.N[C@H](Cc1cccs1)C(=O)O. The molecule has 0 fully saturated rings. The Kier molecular flexibility index (Phi) is 7.50. The number of benzene rings is 1. The summed E-state index contributed by atoms with van der Waals surface area (Å²) < 4.78 is 10.1. The first-order valence-corrected chi connectivity index (χ1v) is 7.55. The number of halogens is 1. The Balaban J connectivity index is 0.000000232. The third-order valence-corrected chi connectivity index (χ3v) is 3.87. The fourth-order valence-electron chi connectivity index (χ4n) is 1.78. The molecule has 1 amide bonds. The van der Waals surface area contributed by atoms with Crippen molar-refractivity contribution in [2.45, 2.75) is 12.5 Å². The Morgan fingerprint density at radius 1 is 1.25 bits per heavy atom. The van der Waals surface area contributed by atoms with Gasteiger partial charge in [-0.25, -0.2) is 0 Å². The number of primary amides is 1. The highest BCUT2D eigenvalue weighted by molar-refractivity contribution is 7.09. The number of carboxylic acid groups (broad SMARTS) is 1. The Hall–Kier alpha value is -2.29. The van der Waals surface area contributed by atoms with E-state index in [0.29, 0.717) is 23.5 Å². The molecule has 1 atom stereocenters. The van der Waals surface area contributed by atoms with E-state index in [-0.39, 0.29) is 19.2 Å². The summed E-state index contributed by atoms with van der Waals surface area (Å²) in [6.07, 6.45) is 0.424. The second-order valence-corrected chi connectivity index (χ2v) is 5.69. The van der Waals surface area contributed by atoms with Gasteiger partial charge >= 0.3 is 5.97 Å². The fraction of sp³-hybridized carbons (Fsp3) is 0.200. The summed E-state index contributed by atoms with van der Waals surface area (Å²) in [5.74, 6) is -0.182. The van der Waals surface area contributed by atoms with Crippen molar-refractivity contribution in [3.05, 3.63) is 46.2 Å². The lowest BCUT2D eigenvalue weighted by Gasteiger charge is -2.02. The van der Waals surface area contributed by atoms with Gasteiger partial charge in [0.05, 0.1) is 0 Å². The number of fused-ring (bicyclic) bond motifs is 1. The molecule has 3 rings (SSSR count). The molecule has 1 aromatic carbocycles. The van der Waals surface area contributed by atoms with E-state index in [1.54, 1.807) is 18.2 Å². The predicted octanol–water partition coefficient (Wildman–Crippen LogP) is 1.64. The van der Waals surface area contributed by atoms with Gasteiger partial charge in [-0.15, -0.1) is 23.7 Å². The van der Waals surface area contributed by atoms with Crippen LogP contribution in [0.1, 0.15) is 15.2 Å². The average molecular weight is 373 g/mol. The predicted molar refractivity (Wildman–Crippen MR) is 92.0 cm³/mol. The van der Waals surface area contributed by atoms with Crippen molar-refractivity contribution in [3.8, 4) is 11.5 Å². The molecule has 9 heteroatoms. The van der Waals surface area contributed by atoms with E-state index in [9.17, 15) is 9.59 Å². The maximum Gasteiger partial charge on any atom is 0.320 e. The van der Waals surface area contributed by atoms with E-state index in [2.05, 4.69) is 0 Å². The molecule has 2 heterocycles. The van der Waals surface area contributed by atoms with Crippen molar-refractivity contribution >= 4 is 35.6 Å². The summed E-state index contributed by atoms with van der Waals surface area (Å²) in [5.41, 5.74) is 10.8. The lowest BCUT2D eigenvalue weighted by Crippen LogP contribution is -2.31. The summed E-state index contributed by atoms with van der Waals surface area (Å²) >= 11 is 1.53. The van der Waals surface area contributed by atoms with Crippen molar-refractivity contribution in [1.29, 1.82) is 0 Å². The van der Waals surface area contributed by atoms with Crippen LogP contribution in [0.3, 0.4) is 0 Å². The van der Waals surface area contributed by atoms with Crippen molar-refractivity contribution in [2.75, 3.05) is 6.79 Å². The van der Waals surface area contributed by atoms with Crippen LogP contribution in [0, 0.1) is 0 Å². The summed E-state index contributed by atoms with van der Waals surface area (Å²) in [5, 5.41) is 10.4. The van der Waals surface area contributed by atoms with Crippen LogP contribution < -0.4 is 20.9 Å². The number of thiophene rings is 1. The van der Waals surface area contributed by atoms with Crippen molar-refractivity contribution < 1.29 is 24.2 Å². The molecule has 0 spiro atoms. The van der Waals surface area contributed by atoms with E-state index in [0.717, 1.165) is 4.88 Å². The zero-order valence-electron chi connectivity index (χ0n) is 12.5. The maximum absolute atomic E-state index is 10.7. The Labute approximate surface area is 148 Å². The molecule has 130 valence electrons. The van der Waals surface area contributed by atoms with Crippen LogP contribution in [0.4, 0.5) is 0 Å². The third kappa shape index (κ3) is 5.41.